The zero-order valence-corrected chi connectivity index (χ0v) is 14.3. The highest BCUT2D eigenvalue weighted by molar-refractivity contribution is 9.10. The van der Waals surface area contributed by atoms with Crippen molar-refractivity contribution < 1.29 is 19.1 Å². The summed E-state index contributed by atoms with van der Waals surface area (Å²) in [6, 6.07) is 0. The summed E-state index contributed by atoms with van der Waals surface area (Å²) in [4.78, 5) is 23.1. The van der Waals surface area contributed by atoms with Crippen LogP contribution < -0.4 is 0 Å². The average Bonchev–Trinajstić information content (AvgIpc) is 2.20. The Morgan fingerprint density at radius 1 is 1.06 bits per heavy atom. The van der Waals surface area contributed by atoms with E-state index in [1.54, 1.807) is 40.7 Å². The molecule has 0 radical (unpaired) electrons. The molecule has 0 unspecified atom stereocenters. The number of rotatable bonds is 5. The molecule has 4 nitrogen and oxygen atoms in total. The second-order valence-electron chi connectivity index (χ2n) is 4.67. The van der Waals surface area contributed by atoms with Gasteiger partial charge in [-0.3, -0.25) is 9.59 Å². The van der Waals surface area contributed by atoms with Gasteiger partial charge < -0.3 is 9.47 Å². The van der Waals surface area contributed by atoms with Crippen LogP contribution in [0.2, 0.25) is 0 Å². The third kappa shape index (κ3) is 6.54. The van der Waals surface area contributed by atoms with E-state index in [1.807, 2.05) is 0 Å². The molecular weight excluding hydrogens is 368 g/mol. The van der Waals surface area contributed by atoms with Gasteiger partial charge in [-0.15, -0.1) is 0 Å². The van der Waals surface area contributed by atoms with Crippen LogP contribution in [0.25, 0.3) is 0 Å². The minimum Gasteiger partial charge on any atom is -0.456 e. The van der Waals surface area contributed by atoms with E-state index in [4.69, 9.17) is 9.47 Å². The van der Waals surface area contributed by atoms with E-state index < -0.39 is 20.6 Å². The van der Waals surface area contributed by atoms with Crippen LogP contribution in [0, 0.1) is 0 Å². The maximum absolute atomic E-state index is 11.6. The van der Waals surface area contributed by atoms with Crippen LogP contribution in [0.4, 0.5) is 0 Å². The van der Waals surface area contributed by atoms with Crippen LogP contribution in [-0.2, 0) is 19.1 Å². The van der Waals surface area contributed by atoms with Gasteiger partial charge in [0.25, 0.3) is 0 Å². The van der Waals surface area contributed by atoms with Crippen molar-refractivity contribution in [2.45, 2.75) is 43.3 Å². The zero-order chi connectivity index (χ0) is 14.6. The molecule has 0 atom stereocenters. The van der Waals surface area contributed by atoms with E-state index in [0.717, 1.165) is 0 Å². The first kappa shape index (κ1) is 17.6. The summed E-state index contributed by atoms with van der Waals surface area (Å²) >= 11 is 6.39. The minimum atomic E-state index is -0.778. The van der Waals surface area contributed by atoms with Crippen LogP contribution in [0.1, 0.15) is 34.6 Å². The number of alkyl halides is 2. The lowest BCUT2D eigenvalue weighted by Crippen LogP contribution is -2.30. The van der Waals surface area contributed by atoms with E-state index in [0.29, 0.717) is 5.76 Å². The van der Waals surface area contributed by atoms with Crippen molar-refractivity contribution in [2.24, 2.45) is 0 Å². The van der Waals surface area contributed by atoms with E-state index >= 15 is 0 Å². The van der Waals surface area contributed by atoms with Crippen LogP contribution in [0.3, 0.4) is 0 Å². The topological polar surface area (TPSA) is 52.6 Å². The van der Waals surface area contributed by atoms with E-state index in [1.165, 1.54) is 0 Å². The molecule has 0 saturated heterocycles. The molecule has 0 aromatic rings. The largest absolute Gasteiger partial charge is 0.456 e. The molecule has 104 valence electrons. The SMILES string of the molecule is C/C=C(/COC(=O)C(C)(C)Br)OC(=O)C(C)(C)Br. The highest BCUT2D eigenvalue weighted by atomic mass is 79.9. The molecule has 0 aliphatic carbocycles. The van der Waals surface area contributed by atoms with Gasteiger partial charge in [-0.2, -0.15) is 0 Å². The van der Waals surface area contributed by atoms with Gasteiger partial charge >= 0.3 is 11.9 Å². The molecule has 0 fully saturated rings. The fourth-order valence-electron chi connectivity index (χ4n) is 0.720. The molecule has 0 aliphatic rings. The quantitative estimate of drug-likeness (QED) is 0.413. The first-order valence-electron chi connectivity index (χ1n) is 5.41. The Morgan fingerprint density at radius 3 is 1.83 bits per heavy atom. The molecule has 0 amide bonds. The molecule has 0 aromatic heterocycles. The van der Waals surface area contributed by atoms with Crippen LogP contribution >= 0.6 is 31.9 Å². The monoisotopic (exact) mass is 384 g/mol. The van der Waals surface area contributed by atoms with Gasteiger partial charge in [0.1, 0.15) is 21.0 Å². The van der Waals surface area contributed by atoms with Gasteiger partial charge in [0.05, 0.1) is 0 Å². The van der Waals surface area contributed by atoms with Crippen molar-refractivity contribution in [1.82, 2.24) is 0 Å². The molecule has 0 bridgehead atoms. The van der Waals surface area contributed by atoms with Gasteiger partial charge in [-0.1, -0.05) is 31.9 Å². The van der Waals surface area contributed by atoms with Crippen molar-refractivity contribution in [1.29, 1.82) is 0 Å². The molecule has 18 heavy (non-hydrogen) atoms. The highest BCUT2D eigenvalue weighted by Crippen LogP contribution is 2.21. The molecule has 0 aromatic carbocycles. The molecule has 0 N–H and O–H groups in total. The zero-order valence-electron chi connectivity index (χ0n) is 11.2. The summed E-state index contributed by atoms with van der Waals surface area (Å²) in [5, 5.41) is 0. The van der Waals surface area contributed by atoms with Crippen molar-refractivity contribution in [3.63, 3.8) is 0 Å². The van der Waals surface area contributed by atoms with Crippen LogP contribution in [-0.4, -0.2) is 27.2 Å². The number of carbonyl (C=O) groups excluding carboxylic acids is 2. The number of ether oxygens (including phenoxy) is 2. The number of allylic oxidation sites excluding steroid dienone is 1. The average molecular weight is 386 g/mol. The Bertz CT molecular complexity index is 348. The lowest BCUT2D eigenvalue weighted by atomic mass is 10.2. The summed E-state index contributed by atoms with van der Waals surface area (Å²) in [6.07, 6.45) is 1.59. The third-order valence-corrected chi connectivity index (χ3v) is 2.51. The number of hydrogen-bond donors (Lipinski definition) is 0. The number of carbonyl (C=O) groups is 2. The molecule has 0 saturated carbocycles. The maximum atomic E-state index is 11.6. The minimum absolute atomic E-state index is 0.0703. The van der Waals surface area contributed by atoms with Gasteiger partial charge in [-0.25, -0.2) is 0 Å². The molecule has 0 aliphatic heterocycles. The lowest BCUT2D eigenvalue weighted by Gasteiger charge is -2.18. The number of hydrogen-bond acceptors (Lipinski definition) is 4. The summed E-state index contributed by atoms with van der Waals surface area (Å²) in [6.45, 7) is 8.35. The molecule has 6 heteroatoms. The summed E-state index contributed by atoms with van der Waals surface area (Å²) < 4.78 is 8.60. The third-order valence-electron chi connectivity index (χ3n) is 1.86. The Morgan fingerprint density at radius 2 is 1.50 bits per heavy atom. The first-order valence-corrected chi connectivity index (χ1v) is 6.99. The van der Waals surface area contributed by atoms with E-state index in [-0.39, 0.29) is 6.61 Å². The van der Waals surface area contributed by atoms with E-state index in [2.05, 4.69) is 31.9 Å². The first-order chi connectivity index (χ1) is 7.98. The number of esters is 2. The Kier molecular flexibility index (Phi) is 6.57. The Hall–Kier alpha value is -0.360. The van der Waals surface area contributed by atoms with Crippen molar-refractivity contribution in [3.05, 3.63) is 11.8 Å². The standard InChI is InChI=1S/C12H18Br2O4/c1-6-8(18-10(16)12(4,5)14)7-17-9(15)11(2,3)13/h6H,7H2,1-5H3/b8-6-. The Balaban J connectivity index is 4.41. The molecule has 0 rings (SSSR count). The predicted molar refractivity (Wildman–Crippen MR) is 76.8 cm³/mol. The van der Waals surface area contributed by atoms with Gasteiger partial charge in [0.15, 0.2) is 0 Å². The fraction of sp³-hybridized carbons (Fsp3) is 0.667. The second kappa shape index (κ2) is 6.70. The number of halogens is 2. The van der Waals surface area contributed by atoms with Crippen LogP contribution in [0.15, 0.2) is 11.8 Å². The summed E-state index contributed by atoms with van der Waals surface area (Å²) in [5.74, 6) is -0.557. The van der Waals surface area contributed by atoms with Crippen molar-refractivity contribution >= 4 is 43.8 Å². The molecule has 0 spiro atoms. The second-order valence-corrected chi connectivity index (χ2v) is 8.63. The molecule has 0 heterocycles. The van der Waals surface area contributed by atoms with E-state index in [9.17, 15) is 9.59 Å². The summed E-state index contributed by atoms with van der Waals surface area (Å²) in [7, 11) is 0. The molecular formula is C12H18Br2O4. The highest BCUT2D eigenvalue weighted by Gasteiger charge is 2.28. The smallest absolute Gasteiger partial charge is 0.327 e. The van der Waals surface area contributed by atoms with Crippen molar-refractivity contribution in [2.75, 3.05) is 6.61 Å². The Labute approximate surface area is 124 Å². The normalized spacial score (nSPS) is 13.2. The lowest BCUT2D eigenvalue weighted by molar-refractivity contribution is -0.149. The summed E-state index contributed by atoms with van der Waals surface area (Å²) in [5.41, 5.74) is 0. The van der Waals surface area contributed by atoms with Gasteiger partial charge in [-0.05, 0) is 40.7 Å². The maximum Gasteiger partial charge on any atom is 0.327 e. The van der Waals surface area contributed by atoms with Gasteiger partial charge in [0.2, 0.25) is 0 Å². The predicted octanol–water partition coefficient (Wildman–Crippen LogP) is 3.32. The van der Waals surface area contributed by atoms with Gasteiger partial charge in [0, 0.05) is 0 Å². The van der Waals surface area contributed by atoms with Crippen LogP contribution in [0.5, 0.6) is 0 Å². The van der Waals surface area contributed by atoms with Crippen molar-refractivity contribution in [3.8, 4) is 0 Å². The fourth-order valence-corrected chi connectivity index (χ4v) is 0.916.